The SMILES string of the molecule is N#CCOC(=O)c1ccc(N2CCCC2=O)cc1. The van der Waals surface area contributed by atoms with E-state index in [2.05, 4.69) is 4.74 Å². The van der Waals surface area contributed by atoms with Gasteiger partial charge in [-0.05, 0) is 30.7 Å². The molecule has 1 heterocycles. The quantitative estimate of drug-likeness (QED) is 0.755. The summed E-state index contributed by atoms with van der Waals surface area (Å²) >= 11 is 0. The number of carbonyl (C=O) groups is 2. The minimum atomic E-state index is -0.532. The third kappa shape index (κ3) is 2.48. The van der Waals surface area contributed by atoms with Crippen LogP contribution in [0.2, 0.25) is 0 Å². The smallest absolute Gasteiger partial charge is 0.339 e. The Morgan fingerprint density at radius 1 is 1.39 bits per heavy atom. The zero-order chi connectivity index (χ0) is 13.0. The summed E-state index contributed by atoms with van der Waals surface area (Å²) in [6.07, 6.45) is 1.44. The van der Waals surface area contributed by atoms with E-state index in [9.17, 15) is 9.59 Å². The molecule has 1 aromatic rings. The van der Waals surface area contributed by atoms with E-state index in [1.165, 1.54) is 0 Å². The largest absolute Gasteiger partial charge is 0.447 e. The fourth-order valence-electron chi connectivity index (χ4n) is 1.88. The number of ether oxygens (including phenoxy) is 1. The summed E-state index contributed by atoms with van der Waals surface area (Å²) < 4.78 is 4.68. The van der Waals surface area contributed by atoms with E-state index in [0.29, 0.717) is 12.0 Å². The van der Waals surface area contributed by atoms with E-state index >= 15 is 0 Å². The highest BCUT2D eigenvalue weighted by molar-refractivity contribution is 5.96. The number of esters is 1. The fourth-order valence-corrected chi connectivity index (χ4v) is 1.88. The molecule has 2 rings (SSSR count). The van der Waals surface area contributed by atoms with Crippen LogP contribution < -0.4 is 4.90 Å². The number of nitrogens with zero attached hydrogens (tertiary/aromatic N) is 2. The van der Waals surface area contributed by atoms with Crippen LogP contribution in [0.3, 0.4) is 0 Å². The lowest BCUT2D eigenvalue weighted by Gasteiger charge is -2.15. The van der Waals surface area contributed by atoms with Gasteiger partial charge in [-0.1, -0.05) is 0 Å². The molecule has 1 amide bonds. The maximum atomic E-state index is 11.5. The third-order valence-electron chi connectivity index (χ3n) is 2.76. The van der Waals surface area contributed by atoms with Crippen LogP contribution in [-0.4, -0.2) is 25.0 Å². The van der Waals surface area contributed by atoms with Crippen molar-refractivity contribution in [3.63, 3.8) is 0 Å². The van der Waals surface area contributed by atoms with Gasteiger partial charge in [0.1, 0.15) is 6.07 Å². The van der Waals surface area contributed by atoms with E-state index in [4.69, 9.17) is 5.26 Å². The first-order chi connectivity index (χ1) is 8.72. The van der Waals surface area contributed by atoms with Crippen LogP contribution in [0.15, 0.2) is 24.3 Å². The van der Waals surface area contributed by atoms with Crippen LogP contribution >= 0.6 is 0 Å². The van der Waals surface area contributed by atoms with Crippen LogP contribution in [0.4, 0.5) is 5.69 Å². The van der Waals surface area contributed by atoms with Gasteiger partial charge in [-0.3, -0.25) is 4.79 Å². The van der Waals surface area contributed by atoms with Crippen molar-refractivity contribution < 1.29 is 14.3 Å². The Bertz CT molecular complexity index is 502. The predicted octanol–water partition coefficient (Wildman–Crippen LogP) is 1.49. The number of hydrogen-bond acceptors (Lipinski definition) is 4. The molecule has 92 valence electrons. The first-order valence-electron chi connectivity index (χ1n) is 5.67. The highest BCUT2D eigenvalue weighted by Gasteiger charge is 2.21. The second kappa shape index (κ2) is 5.32. The van der Waals surface area contributed by atoms with Crippen LogP contribution in [0.5, 0.6) is 0 Å². The Labute approximate surface area is 105 Å². The second-order valence-electron chi connectivity index (χ2n) is 3.93. The van der Waals surface area contributed by atoms with Crippen molar-refractivity contribution >= 4 is 17.6 Å². The summed E-state index contributed by atoms with van der Waals surface area (Å²) in [4.78, 5) is 24.7. The first kappa shape index (κ1) is 12.1. The van der Waals surface area contributed by atoms with Crippen molar-refractivity contribution in [2.75, 3.05) is 18.1 Å². The Morgan fingerprint density at radius 2 is 2.11 bits per heavy atom. The monoisotopic (exact) mass is 244 g/mol. The Balaban J connectivity index is 2.08. The summed E-state index contributed by atoms with van der Waals surface area (Å²) in [6.45, 7) is 0.461. The normalized spacial score (nSPS) is 14.4. The second-order valence-corrected chi connectivity index (χ2v) is 3.93. The lowest BCUT2D eigenvalue weighted by atomic mass is 10.2. The van der Waals surface area contributed by atoms with Gasteiger partial charge in [-0.25, -0.2) is 4.79 Å². The van der Waals surface area contributed by atoms with Crippen molar-refractivity contribution in [3.05, 3.63) is 29.8 Å². The molecule has 0 aliphatic carbocycles. The molecule has 0 saturated carbocycles. The molecule has 1 saturated heterocycles. The zero-order valence-electron chi connectivity index (χ0n) is 9.76. The average Bonchev–Trinajstić information content (AvgIpc) is 2.82. The summed E-state index contributed by atoms with van der Waals surface area (Å²) in [7, 11) is 0. The number of rotatable bonds is 3. The van der Waals surface area contributed by atoms with Gasteiger partial charge in [0, 0.05) is 18.7 Å². The van der Waals surface area contributed by atoms with Crippen molar-refractivity contribution in [1.82, 2.24) is 0 Å². The van der Waals surface area contributed by atoms with E-state index < -0.39 is 5.97 Å². The summed E-state index contributed by atoms with van der Waals surface area (Å²) in [6, 6.07) is 8.36. The van der Waals surface area contributed by atoms with Gasteiger partial charge >= 0.3 is 5.97 Å². The molecular formula is C13H12N2O3. The van der Waals surface area contributed by atoms with Crippen molar-refractivity contribution in [3.8, 4) is 6.07 Å². The predicted molar refractivity (Wildman–Crippen MR) is 63.9 cm³/mol. The van der Waals surface area contributed by atoms with Crippen LogP contribution in [0.25, 0.3) is 0 Å². The number of benzene rings is 1. The van der Waals surface area contributed by atoms with E-state index in [0.717, 1.165) is 18.7 Å². The molecule has 0 atom stereocenters. The molecule has 1 fully saturated rings. The van der Waals surface area contributed by atoms with E-state index in [1.807, 2.05) is 0 Å². The van der Waals surface area contributed by atoms with Gasteiger partial charge in [0.25, 0.3) is 0 Å². The minimum Gasteiger partial charge on any atom is -0.447 e. The zero-order valence-corrected chi connectivity index (χ0v) is 9.76. The first-order valence-corrected chi connectivity index (χ1v) is 5.67. The maximum Gasteiger partial charge on any atom is 0.339 e. The molecular weight excluding hydrogens is 232 g/mol. The van der Waals surface area contributed by atoms with Crippen molar-refractivity contribution in [2.45, 2.75) is 12.8 Å². The molecule has 0 bridgehead atoms. The van der Waals surface area contributed by atoms with Gasteiger partial charge in [-0.15, -0.1) is 0 Å². The molecule has 0 N–H and O–H groups in total. The molecule has 18 heavy (non-hydrogen) atoms. The van der Waals surface area contributed by atoms with Crippen molar-refractivity contribution in [1.29, 1.82) is 5.26 Å². The molecule has 5 nitrogen and oxygen atoms in total. The van der Waals surface area contributed by atoms with Crippen molar-refractivity contribution in [2.24, 2.45) is 0 Å². The average molecular weight is 244 g/mol. The number of amides is 1. The summed E-state index contributed by atoms with van der Waals surface area (Å²) in [5.41, 5.74) is 1.16. The molecule has 0 radical (unpaired) electrons. The van der Waals surface area contributed by atoms with E-state index in [-0.39, 0.29) is 12.5 Å². The minimum absolute atomic E-state index is 0.106. The van der Waals surface area contributed by atoms with Gasteiger partial charge in [0.05, 0.1) is 5.56 Å². The number of hydrogen-bond donors (Lipinski definition) is 0. The maximum absolute atomic E-state index is 11.5. The van der Waals surface area contributed by atoms with Gasteiger partial charge in [-0.2, -0.15) is 5.26 Å². The van der Waals surface area contributed by atoms with Gasteiger partial charge < -0.3 is 9.64 Å². The van der Waals surface area contributed by atoms with Crippen LogP contribution in [0, 0.1) is 11.3 Å². The number of carbonyl (C=O) groups excluding carboxylic acids is 2. The standard InChI is InChI=1S/C13H12N2O3/c14-7-9-18-13(17)10-3-5-11(6-4-10)15-8-1-2-12(15)16/h3-6H,1-2,8-9H2. The molecule has 1 aliphatic rings. The number of anilines is 1. The summed E-state index contributed by atoms with van der Waals surface area (Å²) in [5.74, 6) is -0.425. The van der Waals surface area contributed by atoms with Gasteiger partial charge in [0.2, 0.25) is 5.91 Å². The molecule has 5 heteroatoms. The number of nitriles is 1. The fraction of sp³-hybridized carbons (Fsp3) is 0.308. The highest BCUT2D eigenvalue weighted by Crippen LogP contribution is 2.21. The molecule has 0 spiro atoms. The Morgan fingerprint density at radius 3 is 2.67 bits per heavy atom. The third-order valence-corrected chi connectivity index (χ3v) is 2.76. The van der Waals surface area contributed by atoms with E-state index in [1.54, 1.807) is 35.2 Å². The molecule has 1 aromatic carbocycles. The lowest BCUT2D eigenvalue weighted by molar-refractivity contribution is -0.117. The summed E-state index contributed by atoms with van der Waals surface area (Å²) in [5, 5.41) is 8.31. The highest BCUT2D eigenvalue weighted by atomic mass is 16.5. The molecule has 1 aliphatic heterocycles. The Kier molecular flexibility index (Phi) is 3.58. The lowest BCUT2D eigenvalue weighted by Crippen LogP contribution is -2.23. The van der Waals surface area contributed by atoms with Gasteiger partial charge in [0.15, 0.2) is 6.61 Å². The van der Waals surface area contributed by atoms with Crippen LogP contribution in [-0.2, 0) is 9.53 Å². The topological polar surface area (TPSA) is 70.4 Å². The Hall–Kier alpha value is -2.35. The molecule has 0 unspecified atom stereocenters. The van der Waals surface area contributed by atoms with Crippen LogP contribution in [0.1, 0.15) is 23.2 Å². The molecule has 0 aromatic heterocycles.